The molecule has 88 valence electrons. The normalized spacial score (nSPS) is 16.6. The van der Waals surface area contributed by atoms with E-state index in [-0.39, 0.29) is 0 Å². The molecule has 1 saturated carbocycles. The van der Waals surface area contributed by atoms with Crippen molar-refractivity contribution in [1.29, 1.82) is 0 Å². The number of ether oxygens (including phenoxy) is 1. The summed E-state index contributed by atoms with van der Waals surface area (Å²) in [7, 11) is 1.94. The Morgan fingerprint density at radius 2 is 2.19 bits per heavy atom. The Morgan fingerprint density at radius 3 is 2.88 bits per heavy atom. The van der Waals surface area contributed by atoms with Crippen molar-refractivity contribution in [2.75, 3.05) is 7.05 Å². The second-order valence-electron chi connectivity index (χ2n) is 4.49. The number of hydrogen-bond donors (Lipinski definition) is 1. The van der Waals surface area contributed by atoms with E-state index in [2.05, 4.69) is 10.3 Å². The highest BCUT2D eigenvalue weighted by molar-refractivity contribution is 5.33. The van der Waals surface area contributed by atoms with Gasteiger partial charge in [0.25, 0.3) is 0 Å². The number of pyridine rings is 1. The maximum atomic E-state index is 6.06. The van der Waals surface area contributed by atoms with Gasteiger partial charge >= 0.3 is 0 Å². The highest BCUT2D eigenvalue weighted by Crippen LogP contribution is 2.26. The van der Waals surface area contributed by atoms with Crippen molar-refractivity contribution < 1.29 is 4.74 Å². The molecule has 0 unspecified atom stereocenters. The van der Waals surface area contributed by atoms with Crippen LogP contribution in [0, 0.1) is 6.92 Å². The average Bonchev–Trinajstić information content (AvgIpc) is 2.75. The first-order valence-corrected chi connectivity index (χ1v) is 6.06. The molecule has 1 aromatic rings. The fourth-order valence-electron chi connectivity index (χ4n) is 2.18. The average molecular weight is 220 g/mol. The van der Waals surface area contributed by atoms with Crippen molar-refractivity contribution in [2.24, 2.45) is 0 Å². The van der Waals surface area contributed by atoms with Crippen molar-refractivity contribution >= 4 is 0 Å². The predicted molar refractivity (Wildman–Crippen MR) is 64.6 cm³/mol. The molecule has 0 aliphatic heterocycles. The van der Waals surface area contributed by atoms with Crippen molar-refractivity contribution in [3.8, 4) is 5.75 Å². The Morgan fingerprint density at radius 1 is 1.44 bits per heavy atom. The molecule has 0 radical (unpaired) electrons. The summed E-state index contributed by atoms with van der Waals surface area (Å²) in [6.07, 6.45) is 7.32. The number of nitrogens with zero attached hydrogens (tertiary/aromatic N) is 1. The highest BCUT2D eigenvalue weighted by Gasteiger charge is 2.18. The lowest BCUT2D eigenvalue weighted by atomic mass is 10.2. The lowest BCUT2D eigenvalue weighted by Crippen LogP contribution is -2.14. The molecule has 1 aromatic heterocycles. The molecule has 1 aliphatic carbocycles. The minimum atomic E-state index is 0.414. The largest absolute Gasteiger partial charge is 0.490 e. The maximum Gasteiger partial charge on any atom is 0.127 e. The summed E-state index contributed by atoms with van der Waals surface area (Å²) >= 11 is 0. The molecule has 1 aliphatic rings. The Labute approximate surface area is 97.2 Å². The van der Waals surface area contributed by atoms with Crippen LogP contribution in [0.25, 0.3) is 0 Å². The summed E-state index contributed by atoms with van der Waals surface area (Å²) < 4.78 is 6.06. The number of aryl methyl sites for hydroxylation is 1. The van der Waals surface area contributed by atoms with Gasteiger partial charge in [0.15, 0.2) is 0 Å². The smallest absolute Gasteiger partial charge is 0.127 e. The van der Waals surface area contributed by atoms with Crippen LogP contribution in [0.2, 0.25) is 0 Å². The fraction of sp³-hybridized carbons (Fsp3) is 0.615. The van der Waals surface area contributed by atoms with Gasteiger partial charge in [0, 0.05) is 30.1 Å². The zero-order valence-electron chi connectivity index (χ0n) is 10.1. The minimum Gasteiger partial charge on any atom is -0.490 e. The highest BCUT2D eigenvalue weighted by atomic mass is 16.5. The van der Waals surface area contributed by atoms with Crippen LogP contribution in [-0.2, 0) is 6.54 Å². The van der Waals surface area contributed by atoms with Gasteiger partial charge in [0.2, 0.25) is 0 Å². The maximum absolute atomic E-state index is 6.06. The summed E-state index contributed by atoms with van der Waals surface area (Å²) in [4.78, 5) is 4.31. The van der Waals surface area contributed by atoms with E-state index in [1.807, 2.05) is 26.2 Å². The number of rotatable bonds is 4. The van der Waals surface area contributed by atoms with Gasteiger partial charge in [-0.15, -0.1) is 0 Å². The van der Waals surface area contributed by atoms with E-state index in [4.69, 9.17) is 4.74 Å². The third-order valence-corrected chi connectivity index (χ3v) is 3.04. The van der Waals surface area contributed by atoms with Gasteiger partial charge in [-0.3, -0.25) is 4.98 Å². The van der Waals surface area contributed by atoms with Crippen LogP contribution in [0.15, 0.2) is 12.3 Å². The topological polar surface area (TPSA) is 34.2 Å². The van der Waals surface area contributed by atoms with Crippen molar-refractivity contribution in [1.82, 2.24) is 10.3 Å². The third-order valence-electron chi connectivity index (χ3n) is 3.04. The number of nitrogens with one attached hydrogen (secondary N) is 1. The van der Waals surface area contributed by atoms with E-state index in [0.29, 0.717) is 6.10 Å². The summed E-state index contributed by atoms with van der Waals surface area (Å²) in [6.45, 7) is 2.82. The van der Waals surface area contributed by atoms with Gasteiger partial charge in [0.05, 0.1) is 6.10 Å². The van der Waals surface area contributed by atoms with Crippen LogP contribution in [0.4, 0.5) is 0 Å². The summed E-state index contributed by atoms with van der Waals surface area (Å²) in [5, 5.41) is 3.15. The van der Waals surface area contributed by atoms with Crippen LogP contribution in [0.3, 0.4) is 0 Å². The molecule has 3 nitrogen and oxygen atoms in total. The second-order valence-corrected chi connectivity index (χ2v) is 4.49. The Kier molecular flexibility index (Phi) is 3.78. The standard InChI is InChI=1S/C13H20N2O/c1-10-7-13(11(8-14-2)9-15-10)16-12-5-3-4-6-12/h7,9,12,14H,3-6,8H2,1-2H3. The SMILES string of the molecule is CNCc1cnc(C)cc1OC1CCCC1. The van der Waals surface area contributed by atoms with Crippen LogP contribution >= 0.6 is 0 Å². The van der Waals surface area contributed by atoms with Gasteiger partial charge in [-0.25, -0.2) is 0 Å². The molecular weight excluding hydrogens is 200 g/mol. The van der Waals surface area contributed by atoms with E-state index in [1.54, 1.807) is 0 Å². The van der Waals surface area contributed by atoms with Gasteiger partial charge in [0.1, 0.15) is 5.75 Å². The minimum absolute atomic E-state index is 0.414. The van der Waals surface area contributed by atoms with Gasteiger partial charge < -0.3 is 10.1 Å². The van der Waals surface area contributed by atoms with Crippen LogP contribution in [0.1, 0.15) is 36.9 Å². The van der Waals surface area contributed by atoms with E-state index in [9.17, 15) is 0 Å². The van der Waals surface area contributed by atoms with Crippen LogP contribution < -0.4 is 10.1 Å². The van der Waals surface area contributed by atoms with Crippen LogP contribution in [0.5, 0.6) is 5.75 Å². The Bertz CT molecular complexity index is 346. The summed E-state index contributed by atoms with van der Waals surface area (Å²) in [6, 6.07) is 2.05. The van der Waals surface area contributed by atoms with Crippen molar-refractivity contribution in [3.05, 3.63) is 23.5 Å². The van der Waals surface area contributed by atoms with Crippen molar-refractivity contribution in [2.45, 2.75) is 45.3 Å². The van der Waals surface area contributed by atoms with Gasteiger partial charge in [-0.2, -0.15) is 0 Å². The second kappa shape index (κ2) is 5.30. The first-order chi connectivity index (χ1) is 7.79. The van der Waals surface area contributed by atoms with E-state index < -0.39 is 0 Å². The molecule has 0 amide bonds. The molecule has 1 heterocycles. The number of hydrogen-bond acceptors (Lipinski definition) is 3. The molecule has 1 fully saturated rings. The Balaban J connectivity index is 2.12. The van der Waals surface area contributed by atoms with Crippen molar-refractivity contribution in [3.63, 3.8) is 0 Å². The molecule has 0 bridgehead atoms. The third kappa shape index (κ3) is 2.73. The fourth-order valence-corrected chi connectivity index (χ4v) is 2.18. The lowest BCUT2D eigenvalue weighted by molar-refractivity contribution is 0.207. The molecule has 0 spiro atoms. The molecule has 2 rings (SSSR count). The van der Waals surface area contributed by atoms with E-state index in [1.165, 1.54) is 25.7 Å². The zero-order valence-corrected chi connectivity index (χ0v) is 10.1. The molecule has 0 aromatic carbocycles. The number of aromatic nitrogens is 1. The quantitative estimate of drug-likeness (QED) is 0.846. The summed E-state index contributed by atoms with van der Waals surface area (Å²) in [5.41, 5.74) is 2.17. The van der Waals surface area contributed by atoms with Crippen LogP contribution in [-0.4, -0.2) is 18.1 Å². The first-order valence-electron chi connectivity index (χ1n) is 6.06. The monoisotopic (exact) mass is 220 g/mol. The molecule has 0 atom stereocenters. The first kappa shape index (κ1) is 11.4. The lowest BCUT2D eigenvalue weighted by Gasteiger charge is -2.16. The van der Waals surface area contributed by atoms with E-state index >= 15 is 0 Å². The molecule has 16 heavy (non-hydrogen) atoms. The molecular formula is C13H20N2O. The van der Waals surface area contributed by atoms with Gasteiger partial charge in [-0.1, -0.05) is 0 Å². The van der Waals surface area contributed by atoms with Gasteiger partial charge in [-0.05, 0) is 39.7 Å². The molecule has 3 heteroatoms. The van der Waals surface area contributed by atoms with E-state index in [0.717, 1.165) is 23.6 Å². The Hall–Kier alpha value is -1.09. The molecule has 0 saturated heterocycles. The zero-order chi connectivity index (χ0) is 11.4. The summed E-state index contributed by atoms with van der Waals surface area (Å²) in [5.74, 6) is 1.01. The predicted octanol–water partition coefficient (Wildman–Crippen LogP) is 2.43. The molecule has 1 N–H and O–H groups in total.